The summed E-state index contributed by atoms with van der Waals surface area (Å²) < 4.78 is 39.8. The molecule has 0 amide bonds. The maximum absolute atomic E-state index is 12.7. The lowest BCUT2D eigenvalue weighted by Gasteiger charge is -2.12. The lowest BCUT2D eigenvalue weighted by Crippen LogP contribution is -2.09. The minimum atomic E-state index is -4.34. The number of alkyl halides is 3. The number of nitrogens with one attached hydrogen (secondary N) is 1. The van der Waals surface area contributed by atoms with Crippen LogP contribution in [0, 0.1) is 0 Å². The van der Waals surface area contributed by atoms with E-state index in [4.69, 9.17) is 0 Å². The van der Waals surface area contributed by atoms with Crippen LogP contribution in [-0.2, 0) is 6.18 Å². The van der Waals surface area contributed by atoms with Gasteiger partial charge in [0.05, 0.1) is 5.56 Å². The molecule has 0 aliphatic carbocycles. The van der Waals surface area contributed by atoms with Gasteiger partial charge in [-0.3, -0.25) is 4.57 Å². The van der Waals surface area contributed by atoms with Gasteiger partial charge in [0.1, 0.15) is 0 Å². The van der Waals surface area contributed by atoms with Crippen LogP contribution in [0.4, 0.5) is 19.1 Å². The van der Waals surface area contributed by atoms with Gasteiger partial charge in [0.25, 0.3) is 0 Å². The van der Waals surface area contributed by atoms with E-state index >= 15 is 0 Å². The monoisotopic (exact) mass is 283 g/mol. The lowest BCUT2D eigenvalue weighted by molar-refractivity contribution is -0.137. The SMILES string of the molecule is CCCCNc1nccn1-c1cccc(C(F)(F)F)c1. The number of rotatable bonds is 5. The molecule has 0 saturated heterocycles. The van der Waals surface area contributed by atoms with Crippen molar-refractivity contribution in [2.24, 2.45) is 0 Å². The van der Waals surface area contributed by atoms with Crippen LogP contribution < -0.4 is 5.32 Å². The van der Waals surface area contributed by atoms with Crippen LogP contribution >= 0.6 is 0 Å². The van der Waals surface area contributed by atoms with Gasteiger partial charge in [-0.15, -0.1) is 0 Å². The summed E-state index contributed by atoms with van der Waals surface area (Å²) in [6.45, 7) is 2.81. The van der Waals surface area contributed by atoms with E-state index in [1.54, 1.807) is 23.0 Å². The molecule has 0 radical (unpaired) electrons. The van der Waals surface area contributed by atoms with Crippen molar-refractivity contribution in [3.05, 3.63) is 42.2 Å². The first-order valence-electron chi connectivity index (χ1n) is 6.47. The fraction of sp³-hybridized carbons (Fsp3) is 0.357. The molecule has 0 saturated carbocycles. The molecule has 0 aliphatic rings. The molecule has 0 bridgehead atoms. The zero-order chi connectivity index (χ0) is 14.6. The molecule has 0 aliphatic heterocycles. The molecular formula is C14H16F3N3. The van der Waals surface area contributed by atoms with Gasteiger partial charge in [0, 0.05) is 24.6 Å². The highest BCUT2D eigenvalue weighted by atomic mass is 19.4. The van der Waals surface area contributed by atoms with Gasteiger partial charge < -0.3 is 5.32 Å². The van der Waals surface area contributed by atoms with Gasteiger partial charge in [-0.2, -0.15) is 13.2 Å². The van der Waals surface area contributed by atoms with Crippen molar-refractivity contribution in [2.45, 2.75) is 25.9 Å². The van der Waals surface area contributed by atoms with E-state index in [9.17, 15) is 13.2 Å². The van der Waals surface area contributed by atoms with Crippen LogP contribution in [0.15, 0.2) is 36.7 Å². The molecule has 108 valence electrons. The molecule has 2 aromatic rings. The Kier molecular flexibility index (Phi) is 4.32. The van der Waals surface area contributed by atoms with Gasteiger partial charge in [0.15, 0.2) is 0 Å². The summed E-state index contributed by atoms with van der Waals surface area (Å²) >= 11 is 0. The second-order valence-electron chi connectivity index (χ2n) is 4.45. The first kappa shape index (κ1) is 14.4. The Bertz CT molecular complexity index is 561. The van der Waals surface area contributed by atoms with Crippen molar-refractivity contribution in [1.29, 1.82) is 0 Å². The smallest absolute Gasteiger partial charge is 0.355 e. The van der Waals surface area contributed by atoms with Gasteiger partial charge in [0.2, 0.25) is 5.95 Å². The number of nitrogens with zero attached hydrogens (tertiary/aromatic N) is 2. The highest BCUT2D eigenvalue weighted by molar-refractivity contribution is 5.44. The van der Waals surface area contributed by atoms with Crippen LogP contribution in [0.1, 0.15) is 25.3 Å². The Balaban J connectivity index is 2.26. The number of halogens is 3. The Morgan fingerprint density at radius 3 is 2.80 bits per heavy atom. The van der Waals surface area contributed by atoms with E-state index in [1.807, 2.05) is 0 Å². The average Bonchev–Trinajstić information content (AvgIpc) is 2.87. The number of aromatic nitrogens is 2. The normalized spacial score (nSPS) is 11.6. The summed E-state index contributed by atoms with van der Waals surface area (Å²) in [6.07, 6.45) is 0.886. The standard InChI is InChI=1S/C14H16F3N3/c1-2-3-7-18-13-19-8-9-20(13)12-6-4-5-11(10-12)14(15,16)17/h4-6,8-10H,2-3,7H2,1H3,(H,18,19). The van der Waals surface area contributed by atoms with Crippen LogP contribution in [-0.4, -0.2) is 16.1 Å². The second-order valence-corrected chi connectivity index (χ2v) is 4.45. The van der Waals surface area contributed by atoms with Gasteiger partial charge in [-0.1, -0.05) is 19.4 Å². The molecule has 0 atom stereocenters. The predicted molar refractivity (Wildman–Crippen MR) is 72.0 cm³/mol. The number of hydrogen-bond acceptors (Lipinski definition) is 2. The van der Waals surface area contributed by atoms with E-state index in [1.165, 1.54) is 6.07 Å². The number of benzene rings is 1. The van der Waals surface area contributed by atoms with E-state index < -0.39 is 11.7 Å². The third-order valence-electron chi connectivity index (χ3n) is 2.91. The highest BCUT2D eigenvalue weighted by Crippen LogP contribution is 2.30. The van der Waals surface area contributed by atoms with E-state index in [0.29, 0.717) is 11.6 Å². The third-order valence-corrected chi connectivity index (χ3v) is 2.91. The van der Waals surface area contributed by atoms with Gasteiger partial charge in [-0.05, 0) is 24.6 Å². The molecule has 1 aromatic carbocycles. The second kappa shape index (κ2) is 5.98. The largest absolute Gasteiger partial charge is 0.416 e. The summed E-state index contributed by atoms with van der Waals surface area (Å²) in [5, 5.41) is 3.12. The summed E-state index contributed by atoms with van der Waals surface area (Å²) in [7, 11) is 0. The minimum Gasteiger partial charge on any atom is -0.355 e. The number of imidazole rings is 1. The highest BCUT2D eigenvalue weighted by Gasteiger charge is 2.30. The van der Waals surface area contributed by atoms with Crippen molar-refractivity contribution < 1.29 is 13.2 Å². The van der Waals surface area contributed by atoms with Crippen LogP contribution in [0.2, 0.25) is 0 Å². The summed E-state index contributed by atoms with van der Waals surface area (Å²) in [4.78, 5) is 4.13. The zero-order valence-corrected chi connectivity index (χ0v) is 11.1. The van der Waals surface area contributed by atoms with Crippen molar-refractivity contribution in [3.8, 4) is 5.69 Å². The molecule has 1 aromatic heterocycles. The number of hydrogen-bond donors (Lipinski definition) is 1. The summed E-state index contributed by atoms with van der Waals surface area (Å²) in [5.74, 6) is 0.553. The Morgan fingerprint density at radius 1 is 1.30 bits per heavy atom. The topological polar surface area (TPSA) is 29.9 Å². The molecular weight excluding hydrogens is 267 g/mol. The minimum absolute atomic E-state index is 0.441. The lowest BCUT2D eigenvalue weighted by atomic mass is 10.2. The summed E-state index contributed by atoms with van der Waals surface area (Å²) in [5.41, 5.74) is -0.223. The number of anilines is 1. The van der Waals surface area contributed by atoms with Crippen molar-refractivity contribution in [1.82, 2.24) is 9.55 Å². The molecule has 3 nitrogen and oxygen atoms in total. The molecule has 1 N–H and O–H groups in total. The van der Waals surface area contributed by atoms with E-state index in [2.05, 4.69) is 17.2 Å². The molecule has 0 unspecified atom stereocenters. The first-order valence-corrected chi connectivity index (χ1v) is 6.47. The Hall–Kier alpha value is -1.98. The third kappa shape index (κ3) is 3.31. The van der Waals surface area contributed by atoms with Crippen molar-refractivity contribution in [3.63, 3.8) is 0 Å². The maximum atomic E-state index is 12.7. The average molecular weight is 283 g/mol. The quantitative estimate of drug-likeness (QED) is 0.837. The predicted octanol–water partition coefficient (Wildman–Crippen LogP) is 4.10. The van der Waals surface area contributed by atoms with Crippen molar-refractivity contribution >= 4 is 5.95 Å². The molecule has 20 heavy (non-hydrogen) atoms. The molecule has 2 rings (SSSR count). The molecule has 0 fully saturated rings. The summed E-state index contributed by atoms with van der Waals surface area (Å²) in [6, 6.07) is 5.20. The van der Waals surface area contributed by atoms with Crippen LogP contribution in [0.5, 0.6) is 0 Å². The maximum Gasteiger partial charge on any atom is 0.416 e. The Morgan fingerprint density at radius 2 is 2.10 bits per heavy atom. The molecule has 6 heteroatoms. The van der Waals surface area contributed by atoms with E-state index in [0.717, 1.165) is 31.5 Å². The fourth-order valence-corrected chi connectivity index (χ4v) is 1.85. The van der Waals surface area contributed by atoms with Gasteiger partial charge >= 0.3 is 6.18 Å². The van der Waals surface area contributed by atoms with Crippen LogP contribution in [0.25, 0.3) is 5.69 Å². The first-order chi connectivity index (χ1) is 9.52. The van der Waals surface area contributed by atoms with Gasteiger partial charge in [-0.25, -0.2) is 4.98 Å². The molecule has 1 heterocycles. The van der Waals surface area contributed by atoms with Crippen LogP contribution in [0.3, 0.4) is 0 Å². The van der Waals surface area contributed by atoms with E-state index in [-0.39, 0.29) is 0 Å². The number of unbranched alkanes of at least 4 members (excludes halogenated alkanes) is 1. The molecule has 0 spiro atoms. The Labute approximate surface area is 115 Å². The van der Waals surface area contributed by atoms with Crippen molar-refractivity contribution in [2.75, 3.05) is 11.9 Å². The zero-order valence-electron chi connectivity index (χ0n) is 11.1. The fourth-order valence-electron chi connectivity index (χ4n) is 1.85.